The molecule has 1 aromatic heterocycles. The molecular weight excluding hydrogens is 370 g/mol. The van der Waals surface area contributed by atoms with Gasteiger partial charge in [-0.1, -0.05) is 12.1 Å². The SMILES string of the molecule is CCn1c(C)cc(C(=O)COC(=O)c2ccc(CNC(=O)NC(C)C)cc2)c1C. The fraction of sp³-hybridized carbons (Fsp3) is 0.409. The van der Waals surface area contributed by atoms with Crippen molar-refractivity contribution in [2.45, 2.75) is 53.8 Å². The van der Waals surface area contributed by atoms with Crippen molar-refractivity contribution in [1.29, 1.82) is 0 Å². The van der Waals surface area contributed by atoms with Gasteiger partial charge in [0.2, 0.25) is 5.78 Å². The van der Waals surface area contributed by atoms with E-state index in [0.717, 1.165) is 23.5 Å². The maximum absolute atomic E-state index is 12.4. The molecule has 29 heavy (non-hydrogen) atoms. The van der Waals surface area contributed by atoms with Crippen LogP contribution in [-0.4, -0.2) is 35.0 Å². The summed E-state index contributed by atoms with van der Waals surface area (Å²) in [5.41, 5.74) is 3.67. The number of esters is 1. The first kappa shape index (κ1) is 22.2. The van der Waals surface area contributed by atoms with Crippen molar-refractivity contribution >= 4 is 17.8 Å². The lowest BCUT2D eigenvalue weighted by Crippen LogP contribution is -2.39. The lowest BCUT2D eigenvalue weighted by Gasteiger charge is -2.10. The van der Waals surface area contributed by atoms with Crippen LogP contribution >= 0.6 is 0 Å². The van der Waals surface area contributed by atoms with Gasteiger partial charge in [0.05, 0.1) is 5.56 Å². The van der Waals surface area contributed by atoms with Crippen molar-refractivity contribution in [3.8, 4) is 0 Å². The van der Waals surface area contributed by atoms with Crippen LogP contribution < -0.4 is 10.6 Å². The number of amides is 2. The fourth-order valence-electron chi connectivity index (χ4n) is 3.12. The number of rotatable bonds is 8. The number of aromatic nitrogens is 1. The molecule has 0 bridgehead atoms. The van der Waals surface area contributed by atoms with Gasteiger partial charge in [-0.2, -0.15) is 0 Å². The standard InChI is InChI=1S/C22H29N3O4/c1-6-25-15(4)11-19(16(25)5)20(26)13-29-21(27)18-9-7-17(8-10-18)12-23-22(28)24-14(2)3/h7-11,14H,6,12-13H2,1-5H3,(H2,23,24,28). The number of ether oxygens (including phenoxy) is 1. The normalized spacial score (nSPS) is 10.7. The van der Waals surface area contributed by atoms with Gasteiger partial charge in [0, 0.05) is 36.1 Å². The summed E-state index contributed by atoms with van der Waals surface area (Å²) in [6.45, 7) is 10.4. The second-order valence-electron chi connectivity index (χ2n) is 7.21. The molecule has 2 N–H and O–H groups in total. The van der Waals surface area contributed by atoms with Crippen molar-refractivity contribution in [3.05, 3.63) is 58.4 Å². The van der Waals surface area contributed by atoms with Crippen molar-refractivity contribution in [2.75, 3.05) is 6.61 Å². The number of carbonyl (C=O) groups is 3. The van der Waals surface area contributed by atoms with E-state index in [9.17, 15) is 14.4 Å². The average molecular weight is 399 g/mol. The van der Waals surface area contributed by atoms with Crippen LogP contribution in [0.1, 0.15) is 58.4 Å². The smallest absolute Gasteiger partial charge is 0.338 e. The molecule has 7 nitrogen and oxygen atoms in total. The van der Waals surface area contributed by atoms with E-state index in [-0.39, 0.29) is 24.5 Å². The number of hydrogen-bond acceptors (Lipinski definition) is 4. The molecule has 0 radical (unpaired) electrons. The maximum atomic E-state index is 12.4. The van der Waals surface area contributed by atoms with Gasteiger partial charge in [-0.15, -0.1) is 0 Å². The van der Waals surface area contributed by atoms with Crippen LogP contribution in [0.5, 0.6) is 0 Å². The zero-order valence-electron chi connectivity index (χ0n) is 17.7. The van der Waals surface area contributed by atoms with E-state index in [2.05, 4.69) is 10.6 Å². The number of carbonyl (C=O) groups excluding carboxylic acids is 3. The molecule has 0 unspecified atom stereocenters. The Morgan fingerprint density at radius 3 is 2.31 bits per heavy atom. The first-order valence-corrected chi connectivity index (χ1v) is 9.73. The van der Waals surface area contributed by atoms with Gasteiger partial charge in [0.25, 0.3) is 0 Å². The molecule has 2 amide bonds. The molecule has 0 fully saturated rings. The van der Waals surface area contributed by atoms with Gasteiger partial charge in [0.1, 0.15) is 0 Å². The third-order valence-corrected chi connectivity index (χ3v) is 4.59. The lowest BCUT2D eigenvalue weighted by molar-refractivity contribution is 0.0474. The highest BCUT2D eigenvalue weighted by molar-refractivity contribution is 6.00. The van der Waals surface area contributed by atoms with Crippen molar-refractivity contribution in [1.82, 2.24) is 15.2 Å². The highest BCUT2D eigenvalue weighted by atomic mass is 16.5. The topological polar surface area (TPSA) is 89.4 Å². The summed E-state index contributed by atoms with van der Waals surface area (Å²) < 4.78 is 7.23. The molecule has 0 aliphatic heterocycles. The summed E-state index contributed by atoms with van der Waals surface area (Å²) in [5, 5.41) is 5.48. The second kappa shape index (κ2) is 9.91. The molecule has 0 spiro atoms. The fourth-order valence-corrected chi connectivity index (χ4v) is 3.12. The average Bonchev–Trinajstić information content (AvgIpc) is 2.97. The lowest BCUT2D eigenvalue weighted by atomic mass is 10.1. The van der Waals surface area contributed by atoms with Crippen molar-refractivity contribution < 1.29 is 19.1 Å². The molecule has 0 saturated heterocycles. The van der Waals surface area contributed by atoms with E-state index in [4.69, 9.17) is 4.74 Å². The van der Waals surface area contributed by atoms with Crippen LogP contribution in [0, 0.1) is 13.8 Å². The summed E-state index contributed by atoms with van der Waals surface area (Å²) in [4.78, 5) is 36.3. The minimum Gasteiger partial charge on any atom is -0.454 e. The molecule has 0 aliphatic carbocycles. The van der Waals surface area contributed by atoms with E-state index in [1.807, 2.05) is 45.3 Å². The van der Waals surface area contributed by atoms with Gasteiger partial charge in [-0.3, -0.25) is 4.79 Å². The number of urea groups is 1. The first-order chi connectivity index (χ1) is 13.7. The number of nitrogens with zero attached hydrogens (tertiary/aromatic N) is 1. The Balaban J connectivity index is 1.89. The first-order valence-electron chi connectivity index (χ1n) is 9.73. The number of nitrogens with one attached hydrogen (secondary N) is 2. The summed E-state index contributed by atoms with van der Waals surface area (Å²) in [6.07, 6.45) is 0. The third-order valence-electron chi connectivity index (χ3n) is 4.59. The predicted octanol–water partition coefficient (Wildman–Crippen LogP) is 3.37. The molecule has 0 saturated carbocycles. The van der Waals surface area contributed by atoms with E-state index in [1.165, 1.54) is 0 Å². The maximum Gasteiger partial charge on any atom is 0.338 e. The van der Waals surface area contributed by atoms with Gasteiger partial charge in [-0.25, -0.2) is 9.59 Å². The van der Waals surface area contributed by atoms with Crippen LogP contribution in [0.2, 0.25) is 0 Å². The summed E-state index contributed by atoms with van der Waals surface area (Å²) >= 11 is 0. The van der Waals surface area contributed by atoms with Gasteiger partial charge < -0.3 is 19.9 Å². The van der Waals surface area contributed by atoms with Crippen molar-refractivity contribution in [3.63, 3.8) is 0 Å². The van der Waals surface area contributed by atoms with Crippen molar-refractivity contribution in [2.24, 2.45) is 0 Å². The third kappa shape index (κ3) is 5.94. The van der Waals surface area contributed by atoms with E-state index in [0.29, 0.717) is 17.7 Å². The van der Waals surface area contributed by atoms with Crippen LogP contribution in [0.4, 0.5) is 4.79 Å². The number of ketones is 1. The molecule has 0 aliphatic rings. The quantitative estimate of drug-likeness (QED) is 0.526. The highest BCUT2D eigenvalue weighted by Gasteiger charge is 2.17. The molecule has 1 aromatic carbocycles. The molecule has 1 heterocycles. The largest absolute Gasteiger partial charge is 0.454 e. The Hall–Kier alpha value is -3.09. The Bertz CT molecular complexity index is 882. The number of Topliss-reactive ketones (excluding diaryl/α,β-unsaturated/α-hetero) is 1. The van der Waals surface area contributed by atoms with Gasteiger partial charge in [0.15, 0.2) is 6.61 Å². The zero-order chi connectivity index (χ0) is 21.6. The number of aryl methyl sites for hydroxylation is 1. The summed E-state index contributed by atoms with van der Waals surface area (Å²) in [7, 11) is 0. The summed E-state index contributed by atoms with van der Waals surface area (Å²) in [6, 6.07) is 8.35. The Labute approximate surface area is 171 Å². The van der Waals surface area contributed by atoms with Crippen LogP contribution in [0.15, 0.2) is 30.3 Å². The van der Waals surface area contributed by atoms with E-state index in [1.54, 1.807) is 24.3 Å². The van der Waals surface area contributed by atoms with E-state index >= 15 is 0 Å². The molecular formula is C22H29N3O4. The van der Waals surface area contributed by atoms with Crippen LogP contribution in [0.25, 0.3) is 0 Å². The Morgan fingerprint density at radius 2 is 1.76 bits per heavy atom. The molecule has 0 atom stereocenters. The highest BCUT2D eigenvalue weighted by Crippen LogP contribution is 2.16. The minimum atomic E-state index is -0.556. The van der Waals surface area contributed by atoms with Gasteiger partial charge in [-0.05, 0) is 58.4 Å². The molecule has 2 aromatic rings. The van der Waals surface area contributed by atoms with Gasteiger partial charge >= 0.3 is 12.0 Å². The molecule has 7 heteroatoms. The van der Waals surface area contributed by atoms with Crippen LogP contribution in [-0.2, 0) is 17.8 Å². The summed E-state index contributed by atoms with van der Waals surface area (Å²) in [5.74, 6) is -0.775. The minimum absolute atomic E-state index is 0.0584. The molecule has 2 rings (SSSR count). The van der Waals surface area contributed by atoms with Crippen LogP contribution in [0.3, 0.4) is 0 Å². The Kier molecular flexibility index (Phi) is 7.59. The second-order valence-corrected chi connectivity index (χ2v) is 7.21. The number of hydrogen-bond donors (Lipinski definition) is 2. The zero-order valence-corrected chi connectivity index (χ0v) is 17.7. The Morgan fingerprint density at radius 1 is 1.10 bits per heavy atom. The molecule has 156 valence electrons. The number of benzene rings is 1. The monoisotopic (exact) mass is 399 g/mol. The van der Waals surface area contributed by atoms with E-state index < -0.39 is 5.97 Å². The predicted molar refractivity (Wildman–Crippen MR) is 111 cm³/mol.